The maximum Gasteiger partial charge on any atom is 0.222 e. The summed E-state index contributed by atoms with van der Waals surface area (Å²) in [6.45, 7) is 8.53. The Morgan fingerprint density at radius 1 is 1.11 bits per heavy atom. The van der Waals surface area contributed by atoms with Crippen LogP contribution in [0.5, 0.6) is 0 Å². The largest absolute Gasteiger partial charge is 0.368 e. The van der Waals surface area contributed by atoms with Gasteiger partial charge in [-0.25, -0.2) is 4.98 Å². The molecule has 2 N–H and O–H groups in total. The maximum atomic E-state index is 6.09. The number of fused-ring (bicyclic) bond motifs is 1. The van der Waals surface area contributed by atoms with Crippen LogP contribution in [0, 0.1) is 0 Å². The monoisotopic (exact) mass is 278 g/mol. The van der Waals surface area contributed by atoms with Crippen LogP contribution in [0.3, 0.4) is 0 Å². The standard InChI is InChI=1S/C14H19ClN4/c1-8(2)19(9(3)4)13-11-7-10(15)5-6-12(11)17-14(16)18-13/h5-9H,1-4H3,(H2,16,17,18). The van der Waals surface area contributed by atoms with Crippen molar-refractivity contribution < 1.29 is 0 Å². The van der Waals surface area contributed by atoms with Crippen molar-refractivity contribution in [3.63, 3.8) is 0 Å². The van der Waals surface area contributed by atoms with Crippen molar-refractivity contribution in [2.24, 2.45) is 0 Å². The predicted molar refractivity (Wildman–Crippen MR) is 81.7 cm³/mol. The van der Waals surface area contributed by atoms with Crippen LogP contribution in [0.1, 0.15) is 27.7 Å². The van der Waals surface area contributed by atoms with Crippen molar-refractivity contribution in [1.82, 2.24) is 9.97 Å². The van der Waals surface area contributed by atoms with Gasteiger partial charge < -0.3 is 10.6 Å². The first-order valence-electron chi connectivity index (χ1n) is 6.41. The van der Waals surface area contributed by atoms with Crippen LogP contribution in [-0.4, -0.2) is 22.1 Å². The van der Waals surface area contributed by atoms with E-state index in [1.54, 1.807) is 0 Å². The first-order chi connectivity index (χ1) is 8.90. The second kappa shape index (κ2) is 5.21. The third-order valence-electron chi connectivity index (χ3n) is 3.01. The highest BCUT2D eigenvalue weighted by molar-refractivity contribution is 6.31. The lowest BCUT2D eigenvalue weighted by Gasteiger charge is -2.32. The average molecular weight is 279 g/mol. The Hall–Kier alpha value is -1.55. The normalized spacial score (nSPS) is 11.5. The highest BCUT2D eigenvalue weighted by atomic mass is 35.5. The molecule has 0 atom stereocenters. The molecule has 4 nitrogen and oxygen atoms in total. The van der Waals surface area contributed by atoms with Crippen LogP contribution in [0.4, 0.5) is 11.8 Å². The van der Waals surface area contributed by atoms with Gasteiger partial charge in [-0.2, -0.15) is 4.98 Å². The van der Waals surface area contributed by atoms with Gasteiger partial charge in [0.05, 0.1) is 5.52 Å². The Labute approximate surface area is 118 Å². The number of nitrogens with two attached hydrogens (primary N) is 1. The number of halogens is 1. The van der Waals surface area contributed by atoms with E-state index in [-0.39, 0.29) is 5.95 Å². The zero-order valence-electron chi connectivity index (χ0n) is 11.7. The summed E-state index contributed by atoms with van der Waals surface area (Å²) in [7, 11) is 0. The van der Waals surface area contributed by atoms with E-state index in [9.17, 15) is 0 Å². The third-order valence-corrected chi connectivity index (χ3v) is 3.25. The van der Waals surface area contributed by atoms with Gasteiger partial charge in [-0.05, 0) is 45.9 Å². The molecule has 1 heterocycles. The number of nitrogen functional groups attached to an aromatic ring is 1. The van der Waals surface area contributed by atoms with Crippen LogP contribution in [0.15, 0.2) is 18.2 Å². The van der Waals surface area contributed by atoms with Crippen molar-refractivity contribution in [2.45, 2.75) is 39.8 Å². The van der Waals surface area contributed by atoms with Gasteiger partial charge in [-0.1, -0.05) is 11.6 Å². The molecule has 0 fully saturated rings. The number of anilines is 2. The minimum Gasteiger partial charge on any atom is -0.368 e. The Kier molecular flexibility index (Phi) is 3.80. The van der Waals surface area contributed by atoms with E-state index < -0.39 is 0 Å². The van der Waals surface area contributed by atoms with E-state index in [1.807, 2.05) is 18.2 Å². The Morgan fingerprint density at radius 2 is 1.74 bits per heavy atom. The molecule has 2 aromatic rings. The Morgan fingerprint density at radius 3 is 2.32 bits per heavy atom. The van der Waals surface area contributed by atoms with Crippen LogP contribution < -0.4 is 10.6 Å². The van der Waals surface area contributed by atoms with Crippen molar-refractivity contribution in [3.8, 4) is 0 Å². The van der Waals surface area contributed by atoms with Gasteiger partial charge in [0.2, 0.25) is 5.95 Å². The summed E-state index contributed by atoms with van der Waals surface area (Å²) in [4.78, 5) is 10.9. The maximum absolute atomic E-state index is 6.09. The molecule has 0 saturated carbocycles. The van der Waals surface area contributed by atoms with Crippen LogP contribution in [0.2, 0.25) is 5.02 Å². The van der Waals surface area contributed by atoms with Gasteiger partial charge in [0.25, 0.3) is 0 Å². The molecule has 0 aliphatic heterocycles. The molecule has 0 radical (unpaired) electrons. The summed E-state index contributed by atoms with van der Waals surface area (Å²) in [5, 5.41) is 1.61. The number of aromatic nitrogens is 2. The van der Waals surface area contributed by atoms with Crippen LogP contribution in [0.25, 0.3) is 10.9 Å². The van der Waals surface area contributed by atoms with Gasteiger partial charge in [0.15, 0.2) is 0 Å². The summed E-state index contributed by atoms with van der Waals surface area (Å²) in [6.07, 6.45) is 0. The van der Waals surface area contributed by atoms with Crippen LogP contribution in [-0.2, 0) is 0 Å². The number of nitrogens with zero attached hydrogens (tertiary/aromatic N) is 3. The van der Waals surface area contributed by atoms with E-state index in [0.29, 0.717) is 17.1 Å². The summed E-state index contributed by atoms with van der Waals surface area (Å²) < 4.78 is 0. The number of benzene rings is 1. The van der Waals surface area contributed by atoms with Crippen molar-refractivity contribution >= 4 is 34.3 Å². The summed E-state index contributed by atoms with van der Waals surface area (Å²) in [6, 6.07) is 6.21. The minimum atomic E-state index is 0.288. The second-order valence-corrected chi connectivity index (χ2v) is 5.60. The quantitative estimate of drug-likeness (QED) is 0.934. The zero-order chi connectivity index (χ0) is 14.2. The molecule has 102 valence electrons. The molecule has 1 aromatic heterocycles. The average Bonchev–Trinajstić information content (AvgIpc) is 2.29. The lowest BCUT2D eigenvalue weighted by molar-refractivity contribution is 0.602. The summed E-state index contributed by atoms with van der Waals surface area (Å²) in [5.41, 5.74) is 6.64. The second-order valence-electron chi connectivity index (χ2n) is 5.16. The van der Waals surface area contributed by atoms with Gasteiger partial charge in [-0.15, -0.1) is 0 Å². The van der Waals surface area contributed by atoms with E-state index in [4.69, 9.17) is 17.3 Å². The fourth-order valence-electron chi connectivity index (χ4n) is 2.38. The fraction of sp³-hybridized carbons (Fsp3) is 0.429. The summed E-state index contributed by atoms with van der Waals surface area (Å²) in [5.74, 6) is 1.13. The molecular formula is C14H19ClN4. The minimum absolute atomic E-state index is 0.288. The topological polar surface area (TPSA) is 55.0 Å². The van der Waals surface area contributed by atoms with Crippen molar-refractivity contribution in [3.05, 3.63) is 23.2 Å². The molecule has 2 rings (SSSR count). The van der Waals surface area contributed by atoms with Crippen LogP contribution >= 0.6 is 11.6 Å². The van der Waals surface area contributed by atoms with Gasteiger partial charge in [0, 0.05) is 22.5 Å². The Bertz CT molecular complexity index is 587. The number of hydrogen-bond acceptors (Lipinski definition) is 4. The SMILES string of the molecule is CC(C)N(c1nc(N)nc2ccc(Cl)cc12)C(C)C. The number of hydrogen-bond donors (Lipinski definition) is 1. The first-order valence-corrected chi connectivity index (χ1v) is 6.79. The predicted octanol–water partition coefficient (Wildman–Crippen LogP) is 3.49. The molecule has 0 unspecified atom stereocenters. The molecule has 0 amide bonds. The Balaban J connectivity index is 2.73. The third kappa shape index (κ3) is 2.73. The highest BCUT2D eigenvalue weighted by Gasteiger charge is 2.19. The first kappa shape index (κ1) is 13.9. The molecule has 0 aliphatic rings. The lowest BCUT2D eigenvalue weighted by atomic mass is 10.1. The van der Waals surface area contributed by atoms with Gasteiger partial charge in [-0.3, -0.25) is 0 Å². The van der Waals surface area contributed by atoms with Gasteiger partial charge >= 0.3 is 0 Å². The smallest absolute Gasteiger partial charge is 0.222 e. The van der Waals surface area contributed by atoms with E-state index in [0.717, 1.165) is 16.7 Å². The van der Waals surface area contributed by atoms with E-state index in [1.165, 1.54) is 0 Å². The molecule has 5 heteroatoms. The molecule has 0 bridgehead atoms. The number of rotatable bonds is 3. The molecule has 0 spiro atoms. The molecular weight excluding hydrogens is 260 g/mol. The van der Waals surface area contributed by atoms with Crippen molar-refractivity contribution in [1.29, 1.82) is 0 Å². The van der Waals surface area contributed by atoms with E-state index >= 15 is 0 Å². The van der Waals surface area contributed by atoms with E-state index in [2.05, 4.69) is 42.6 Å². The van der Waals surface area contributed by atoms with Gasteiger partial charge in [0.1, 0.15) is 5.82 Å². The fourth-order valence-corrected chi connectivity index (χ4v) is 2.56. The molecule has 0 aliphatic carbocycles. The molecule has 0 saturated heterocycles. The summed E-state index contributed by atoms with van der Waals surface area (Å²) >= 11 is 6.09. The molecule has 19 heavy (non-hydrogen) atoms. The van der Waals surface area contributed by atoms with Crippen molar-refractivity contribution in [2.75, 3.05) is 10.6 Å². The lowest BCUT2D eigenvalue weighted by Crippen LogP contribution is -2.38. The zero-order valence-corrected chi connectivity index (χ0v) is 12.4. The molecule has 1 aromatic carbocycles. The highest BCUT2D eigenvalue weighted by Crippen LogP contribution is 2.29.